The number of likely N-dealkylation sites (N-methyl/N-ethyl adjacent to an activating group) is 1. The van der Waals surface area contributed by atoms with Crippen molar-refractivity contribution in [3.05, 3.63) is 50.4 Å². The number of hydrogen-bond donors (Lipinski definition) is 1. The first kappa shape index (κ1) is 13.1. The van der Waals surface area contributed by atoms with Crippen molar-refractivity contribution in [2.45, 2.75) is 31.7 Å². The zero-order valence-corrected chi connectivity index (χ0v) is 12.5. The zero-order valence-electron chi connectivity index (χ0n) is 10.9. The van der Waals surface area contributed by atoms with Crippen molar-refractivity contribution in [2.75, 3.05) is 7.05 Å². The molecule has 1 aliphatic rings. The molecule has 0 aliphatic heterocycles. The van der Waals surface area contributed by atoms with E-state index >= 15 is 0 Å². The minimum Gasteiger partial charge on any atom is -0.312 e. The normalized spacial score (nSPS) is 15.5. The second-order valence-corrected chi connectivity index (χ2v) is 6.54. The van der Waals surface area contributed by atoms with Crippen LogP contribution < -0.4 is 5.32 Å². The Labute approximate surface area is 122 Å². The number of pyridine rings is 1. The standard InChI is InChI=1S/C15H17ClN2S/c1-17-13(7-10-5-6-18-9-12(10)16)15-8-11-3-2-4-14(11)19-15/h5-6,8-9,13,17H,2-4,7H2,1H3. The van der Waals surface area contributed by atoms with E-state index in [1.165, 1.54) is 24.1 Å². The van der Waals surface area contributed by atoms with Crippen molar-refractivity contribution >= 4 is 22.9 Å². The molecular formula is C15H17ClN2S. The number of thiophene rings is 1. The van der Waals surface area contributed by atoms with Crippen molar-refractivity contribution in [1.82, 2.24) is 10.3 Å². The van der Waals surface area contributed by atoms with Crippen LogP contribution in [-0.2, 0) is 19.3 Å². The molecule has 19 heavy (non-hydrogen) atoms. The van der Waals surface area contributed by atoms with Gasteiger partial charge >= 0.3 is 0 Å². The zero-order chi connectivity index (χ0) is 13.2. The average molecular weight is 293 g/mol. The number of nitrogens with zero attached hydrogens (tertiary/aromatic N) is 1. The SMILES string of the molecule is CNC(Cc1ccncc1Cl)c1cc2c(s1)CCC2. The quantitative estimate of drug-likeness (QED) is 0.927. The Hall–Kier alpha value is -0.900. The van der Waals surface area contributed by atoms with E-state index in [0.717, 1.165) is 17.0 Å². The largest absolute Gasteiger partial charge is 0.312 e. The van der Waals surface area contributed by atoms with Crippen LogP contribution in [0.2, 0.25) is 5.02 Å². The second-order valence-electron chi connectivity index (χ2n) is 4.96. The lowest BCUT2D eigenvalue weighted by Crippen LogP contribution is -2.18. The number of halogens is 1. The molecule has 1 atom stereocenters. The maximum atomic E-state index is 6.20. The molecule has 3 rings (SSSR count). The van der Waals surface area contributed by atoms with Crippen molar-refractivity contribution < 1.29 is 0 Å². The van der Waals surface area contributed by atoms with E-state index < -0.39 is 0 Å². The van der Waals surface area contributed by atoms with E-state index in [4.69, 9.17) is 11.6 Å². The Bertz CT molecular complexity index is 558. The summed E-state index contributed by atoms with van der Waals surface area (Å²) in [6.07, 6.45) is 8.27. The first-order valence-corrected chi connectivity index (χ1v) is 7.84. The summed E-state index contributed by atoms with van der Waals surface area (Å²) in [7, 11) is 2.02. The Balaban J connectivity index is 1.82. The maximum absolute atomic E-state index is 6.20. The summed E-state index contributed by atoms with van der Waals surface area (Å²) in [4.78, 5) is 7.05. The van der Waals surface area contributed by atoms with E-state index in [9.17, 15) is 0 Å². The van der Waals surface area contributed by atoms with E-state index in [1.807, 2.05) is 30.6 Å². The highest BCUT2D eigenvalue weighted by atomic mass is 35.5. The van der Waals surface area contributed by atoms with Gasteiger partial charge in [0.05, 0.1) is 5.02 Å². The molecule has 2 aromatic rings. The molecule has 2 aromatic heterocycles. The summed E-state index contributed by atoms with van der Waals surface area (Å²) < 4.78 is 0. The molecule has 2 heterocycles. The van der Waals surface area contributed by atoms with Gasteiger partial charge in [0.15, 0.2) is 0 Å². The lowest BCUT2D eigenvalue weighted by atomic mass is 10.1. The Morgan fingerprint density at radius 2 is 2.37 bits per heavy atom. The minimum atomic E-state index is 0.343. The number of fused-ring (bicyclic) bond motifs is 1. The summed E-state index contributed by atoms with van der Waals surface area (Å²) in [6.45, 7) is 0. The molecule has 0 aromatic carbocycles. The molecule has 0 amide bonds. The Kier molecular flexibility index (Phi) is 3.87. The van der Waals surface area contributed by atoms with Crippen molar-refractivity contribution in [1.29, 1.82) is 0 Å². The molecule has 0 radical (unpaired) electrons. The Morgan fingerprint density at radius 1 is 1.47 bits per heavy atom. The van der Waals surface area contributed by atoms with E-state index in [0.29, 0.717) is 6.04 Å². The van der Waals surface area contributed by atoms with Gasteiger partial charge in [0, 0.05) is 28.2 Å². The summed E-state index contributed by atoms with van der Waals surface area (Å²) >= 11 is 8.16. The Morgan fingerprint density at radius 3 is 3.11 bits per heavy atom. The van der Waals surface area contributed by atoms with Gasteiger partial charge in [-0.2, -0.15) is 0 Å². The number of rotatable bonds is 4. The molecule has 0 fully saturated rings. The number of aromatic nitrogens is 1. The lowest BCUT2D eigenvalue weighted by Gasteiger charge is -2.15. The van der Waals surface area contributed by atoms with Crippen LogP contribution in [0.5, 0.6) is 0 Å². The van der Waals surface area contributed by atoms with Crippen LogP contribution in [0.1, 0.15) is 33.3 Å². The highest BCUT2D eigenvalue weighted by molar-refractivity contribution is 7.12. The fourth-order valence-corrected chi connectivity index (χ4v) is 4.22. The summed E-state index contributed by atoms with van der Waals surface area (Å²) in [5.74, 6) is 0. The number of nitrogens with one attached hydrogen (secondary N) is 1. The second kappa shape index (κ2) is 5.61. The molecule has 100 valence electrons. The van der Waals surface area contributed by atoms with Gasteiger partial charge in [0.25, 0.3) is 0 Å². The monoisotopic (exact) mass is 292 g/mol. The first-order chi connectivity index (χ1) is 9.28. The van der Waals surface area contributed by atoms with Crippen LogP contribution in [0.3, 0.4) is 0 Å². The number of aryl methyl sites for hydroxylation is 2. The molecule has 0 spiro atoms. The molecule has 1 unspecified atom stereocenters. The highest BCUT2D eigenvalue weighted by Gasteiger charge is 2.20. The average Bonchev–Trinajstić information content (AvgIpc) is 2.98. The van der Waals surface area contributed by atoms with Crippen LogP contribution in [0.4, 0.5) is 0 Å². The van der Waals surface area contributed by atoms with Crippen LogP contribution in [0, 0.1) is 0 Å². The fraction of sp³-hybridized carbons (Fsp3) is 0.400. The fourth-order valence-electron chi connectivity index (χ4n) is 2.66. The van der Waals surface area contributed by atoms with E-state index in [-0.39, 0.29) is 0 Å². The lowest BCUT2D eigenvalue weighted by molar-refractivity contribution is 0.601. The van der Waals surface area contributed by atoms with Crippen molar-refractivity contribution in [2.24, 2.45) is 0 Å². The predicted molar refractivity (Wildman–Crippen MR) is 81.1 cm³/mol. The topological polar surface area (TPSA) is 24.9 Å². The van der Waals surface area contributed by atoms with Crippen LogP contribution in [-0.4, -0.2) is 12.0 Å². The summed E-state index contributed by atoms with van der Waals surface area (Å²) in [6, 6.07) is 4.73. The highest BCUT2D eigenvalue weighted by Crippen LogP contribution is 2.35. The molecule has 1 N–H and O–H groups in total. The third kappa shape index (κ3) is 2.69. The van der Waals surface area contributed by atoms with Crippen LogP contribution in [0.15, 0.2) is 24.5 Å². The first-order valence-electron chi connectivity index (χ1n) is 6.65. The van der Waals surface area contributed by atoms with Crippen molar-refractivity contribution in [3.63, 3.8) is 0 Å². The van der Waals surface area contributed by atoms with Gasteiger partial charge in [0.1, 0.15) is 0 Å². The van der Waals surface area contributed by atoms with Gasteiger partial charge in [-0.1, -0.05) is 11.6 Å². The van der Waals surface area contributed by atoms with Gasteiger partial charge in [-0.05, 0) is 56.0 Å². The third-order valence-electron chi connectivity index (χ3n) is 3.74. The maximum Gasteiger partial charge on any atom is 0.0622 e. The molecular weight excluding hydrogens is 276 g/mol. The van der Waals surface area contributed by atoms with Gasteiger partial charge in [0.2, 0.25) is 0 Å². The van der Waals surface area contributed by atoms with Crippen molar-refractivity contribution in [3.8, 4) is 0 Å². The van der Waals surface area contributed by atoms with Crippen LogP contribution in [0.25, 0.3) is 0 Å². The molecule has 0 saturated carbocycles. The minimum absolute atomic E-state index is 0.343. The molecule has 0 saturated heterocycles. The van der Waals surface area contributed by atoms with E-state index in [2.05, 4.69) is 16.4 Å². The summed E-state index contributed by atoms with van der Waals surface area (Å²) in [5, 5.41) is 4.17. The van der Waals surface area contributed by atoms with Gasteiger partial charge < -0.3 is 5.32 Å². The van der Waals surface area contributed by atoms with Gasteiger partial charge in [-0.3, -0.25) is 4.98 Å². The van der Waals surface area contributed by atoms with Crippen LogP contribution >= 0.6 is 22.9 Å². The predicted octanol–water partition coefficient (Wildman–Crippen LogP) is 3.79. The van der Waals surface area contributed by atoms with E-state index in [1.54, 1.807) is 16.6 Å². The smallest absolute Gasteiger partial charge is 0.0622 e. The molecule has 0 bridgehead atoms. The molecule has 4 heteroatoms. The third-order valence-corrected chi connectivity index (χ3v) is 5.43. The van der Waals surface area contributed by atoms with Gasteiger partial charge in [-0.25, -0.2) is 0 Å². The van der Waals surface area contributed by atoms with Gasteiger partial charge in [-0.15, -0.1) is 11.3 Å². The number of hydrogen-bond acceptors (Lipinski definition) is 3. The molecule has 2 nitrogen and oxygen atoms in total. The summed E-state index contributed by atoms with van der Waals surface area (Å²) in [5.41, 5.74) is 2.71. The molecule has 1 aliphatic carbocycles.